The summed E-state index contributed by atoms with van der Waals surface area (Å²) >= 11 is 0. The Labute approximate surface area is 202 Å². The number of carbonyl (C=O) groups excluding carboxylic acids is 1. The summed E-state index contributed by atoms with van der Waals surface area (Å²) in [6, 6.07) is 8.28. The first-order valence-electron chi connectivity index (χ1n) is 12.1. The minimum atomic E-state index is -0.447. The first-order valence-corrected chi connectivity index (χ1v) is 12.1. The minimum absolute atomic E-state index is 0.200. The van der Waals surface area contributed by atoms with Crippen LogP contribution in [0.3, 0.4) is 0 Å². The highest BCUT2D eigenvalue weighted by molar-refractivity contribution is 5.88. The number of likely N-dealkylation sites (tertiary alicyclic amines) is 1. The topological polar surface area (TPSA) is 80.5 Å². The lowest BCUT2D eigenvalue weighted by Gasteiger charge is -2.33. The van der Waals surface area contributed by atoms with Crippen LogP contribution in [0.15, 0.2) is 41.2 Å². The maximum atomic E-state index is 12.3. The number of pyridine rings is 1. The van der Waals surface area contributed by atoms with Crippen LogP contribution in [0.25, 0.3) is 22.1 Å². The van der Waals surface area contributed by atoms with Crippen LogP contribution in [-0.4, -0.2) is 53.9 Å². The number of benzene rings is 1. The van der Waals surface area contributed by atoms with Gasteiger partial charge in [0.15, 0.2) is 5.58 Å². The molecular weight excluding hydrogens is 428 g/mol. The second-order valence-electron chi connectivity index (χ2n) is 9.93. The number of nitrogens with zero attached hydrogens (tertiary/aromatic N) is 3. The van der Waals surface area contributed by atoms with Gasteiger partial charge in [0.1, 0.15) is 5.60 Å². The molecule has 1 amide bonds. The molecule has 1 aliphatic heterocycles. The number of carbonyl (C=O) groups is 1. The molecule has 0 aliphatic carbocycles. The van der Waals surface area contributed by atoms with Gasteiger partial charge in [-0.25, -0.2) is 4.79 Å². The van der Waals surface area contributed by atoms with Crippen molar-refractivity contribution < 1.29 is 14.1 Å². The van der Waals surface area contributed by atoms with Gasteiger partial charge in [-0.2, -0.15) is 0 Å². The van der Waals surface area contributed by atoms with E-state index in [0.717, 1.165) is 72.1 Å². The maximum absolute atomic E-state index is 12.3. The predicted molar refractivity (Wildman–Crippen MR) is 136 cm³/mol. The Hall–Kier alpha value is -2.93. The van der Waals surface area contributed by atoms with Gasteiger partial charge in [-0.3, -0.25) is 4.98 Å². The van der Waals surface area contributed by atoms with E-state index in [9.17, 15) is 4.79 Å². The second-order valence-corrected chi connectivity index (χ2v) is 9.93. The molecular formula is C27H38N4O3. The number of aryl methyl sites for hydroxylation is 2. The van der Waals surface area contributed by atoms with Crippen LogP contribution in [0.5, 0.6) is 0 Å². The van der Waals surface area contributed by atoms with Gasteiger partial charge >= 0.3 is 6.09 Å². The number of hydrogen-bond donors (Lipinski definition) is 1. The second kappa shape index (κ2) is 11.5. The van der Waals surface area contributed by atoms with Crippen molar-refractivity contribution in [2.75, 3.05) is 27.2 Å². The highest BCUT2D eigenvalue weighted by Gasteiger charge is 2.27. The Bertz CT molecular complexity index is 1060. The molecule has 0 atom stereocenters. The van der Waals surface area contributed by atoms with Gasteiger partial charge in [0, 0.05) is 36.4 Å². The van der Waals surface area contributed by atoms with E-state index in [1.165, 1.54) is 0 Å². The molecule has 7 nitrogen and oxygen atoms in total. The molecule has 1 aliphatic rings. The summed E-state index contributed by atoms with van der Waals surface area (Å²) in [5.41, 5.74) is 4.82. The standard InChI is InChI=1S/C25H31N3O3.C2H7N/c1-17-20(19-9-13-26-14-10-19)6-7-21-22(27-31-23(17)21)8-5-18-11-15-28(16-12-18)24(29)30-25(2,3)4;1-3-2/h6-7,9-10,13-14,18H,5,8,11-12,15-16H2,1-4H3;3H,1-2H3. The highest BCUT2D eigenvalue weighted by atomic mass is 16.6. The highest BCUT2D eigenvalue weighted by Crippen LogP contribution is 2.32. The average Bonchev–Trinajstić information content (AvgIpc) is 3.22. The van der Waals surface area contributed by atoms with Crippen LogP contribution < -0.4 is 5.32 Å². The third-order valence-corrected chi connectivity index (χ3v) is 6.01. The minimum Gasteiger partial charge on any atom is -0.444 e. The molecule has 34 heavy (non-hydrogen) atoms. The molecule has 3 aromatic rings. The monoisotopic (exact) mass is 466 g/mol. The summed E-state index contributed by atoms with van der Waals surface area (Å²) in [6.45, 7) is 9.31. The molecule has 4 rings (SSSR count). The normalized spacial score (nSPS) is 14.6. The molecule has 0 radical (unpaired) electrons. The van der Waals surface area contributed by atoms with E-state index in [1.54, 1.807) is 12.4 Å². The van der Waals surface area contributed by atoms with Crippen molar-refractivity contribution in [3.63, 3.8) is 0 Å². The number of ether oxygens (including phenoxy) is 1. The van der Waals surface area contributed by atoms with E-state index >= 15 is 0 Å². The SMILES string of the molecule is CNC.Cc1c(-c2ccncc2)ccc2c(CCC3CCN(C(=O)OC(C)(C)C)CC3)noc12. The van der Waals surface area contributed by atoms with E-state index in [2.05, 4.69) is 34.5 Å². The summed E-state index contributed by atoms with van der Waals surface area (Å²) in [6.07, 6.45) is 7.35. The van der Waals surface area contributed by atoms with E-state index in [0.29, 0.717) is 5.92 Å². The number of aromatic nitrogens is 2. The van der Waals surface area contributed by atoms with Crippen molar-refractivity contribution in [1.29, 1.82) is 0 Å². The number of fused-ring (bicyclic) bond motifs is 1. The first-order chi connectivity index (χ1) is 16.2. The van der Waals surface area contributed by atoms with E-state index in [1.807, 2.05) is 51.9 Å². The Morgan fingerprint density at radius 1 is 1.15 bits per heavy atom. The molecule has 7 heteroatoms. The summed E-state index contributed by atoms with van der Waals surface area (Å²) in [7, 11) is 3.75. The molecule has 0 bridgehead atoms. The molecule has 2 aromatic heterocycles. The summed E-state index contributed by atoms with van der Waals surface area (Å²) in [5.74, 6) is 0.586. The number of hydrogen-bond acceptors (Lipinski definition) is 6. The molecule has 0 unspecified atom stereocenters. The molecule has 1 fully saturated rings. The zero-order chi connectivity index (χ0) is 24.7. The van der Waals surface area contributed by atoms with Crippen molar-refractivity contribution in [2.45, 2.75) is 59.0 Å². The average molecular weight is 467 g/mol. The Morgan fingerprint density at radius 2 is 1.79 bits per heavy atom. The van der Waals surface area contributed by atoms with Crippen LogP contribution in [0.2, 0.25) is 0 Å². The van der Waals surface area contributed by atoms with Crippen LogP contribution in [-0.2, 0) is 11.2 Å². The molecule has 1 aromatic carbocycles. The van der Waals surface area contributed by atoms with Crippen LogP contribution >= 0.6 is 0 Å². The van der Waals surface area contributed by atoms with Crippen LogP contribution in [0.1, 0.15) is 51.3 Å². The van der Waals surface area contributed by atoms with Gasteiger partial charge in [-0.05, 0) is 103 Å². The van der Waals surface area contributed by atoms with Gasteiger partial charge in [-0.1, -0.05) is 11.2 Å². The third kappa shape index (κ3) is 6.56. The molecule has 184 valence electrons. The van der Waals surface area contributed by atoms with Gasteiger partial charge < -0.3 is 19.5 Å². The Morgan fingerprint density at radius 3 is 2.41 bits per heavy atom. The third-order valence-electron chi connectivity index (χ3n) is 6.01. The predicted octanol–water partition coefficient (Wildman–Crippen LogP) is 5.61. The lowest BCUT2D eigenvalue weighted by atomic mass is 9.91. The Balaban J connectivity index is 0.00000103. The molecule has 0 saturated carbocycles. The zero-order valence-corrected chi connectivity index (χ0v) is 21.4. The van der Waals surface area contributed by atoms with Gasteiger partial charge in [0.25, 0.3) is 0 Å². The number of rotatable bonds is 4. The molecule has 3 heterocycles. The number of piperidine rings is 1. The number of amides is 1. The number of nitrogens with one attached hydrogen (secondary N) is 1. The smallest absolute Gasteiger partial charge is 0.410 e. The lowest BCUT2D eigenvalue weighted by Crippen LogP contribution is -2.41. The van der Waals surface area contributed by atoms with E-state index in [4.69, 9.17) is 9.26 Å². The largest absolute Gasteiger partial charge is 0.444 e. The van der Waals surface area contributed by atoms with Crippen molar-refractivity contribution in [3.8, 4) is 11.1 Å². The first kappa shape index (κ1) is 25.7. The van der Waals surface area contributed by atoms with Crippen molar-refractivity contribution in [2.24, 2.45) is 5.92 Å². The van der Waals surface area contributed by atoms with E-state index in [-0.39, 0.29) is 6.09 Å². The zero-order valence-electron chi connectivity index (χ0n) is 21.4. The fourth-order valence-electron chi connectivity index (χ4n) is 4.28. The summed E-state index contributed by atoms with van der Waals surface area (Å²) in [5, 5.41) is 8.24. The van der Waals surface area contributed by atoms with Gasteiger partial charge in [0.2, 0.25) is 0 Å². The van der Waals surface area contributed by atoms with Gasteiger partial charge in [0.05, 0.1) is 5.69 Å². The van der Waals surface area contributed by atoms with Crippen LogP contribution in [0.4, 0.5) is 4.79 Å². The fourth-order valence-corrected chi connectivity index (χ4v) is 4.28. The Kier molecular flexibility index (Phi) is 8.67. The molecule has 1 saturated heterocycles. The van der Waals surface area contributed by atoms with Crippen molar-refractivity contribution in [1.82, 2.24) is 20.4 Å². The van der Waals surface area contributed by atoms with E-state index < -0.39 is 5.60 Å². The van der Waals surface area contributed by atoms with Crippen molar-refractivity contribution in [3.05, 3.63) is 47.9 Å². The molecule has 0 spiro atoms. The summed E-state index contributed by atoms with van der Waals surface area (Å²) in [4.78, 5) is 18.2. The van der Waals surface area contributed by atoms with Crippen molar-refractivity contribution >= 4 is 17.1 Å². The summed E-state index contributed by atoms with van der Waals surface area (Å²) < 4.78 is 11.2. The molecule has 1 N–H and O–H groups in total. The fraction of sp³-hybridized carbons (Fsp3) is 0.519. The van der Waals surface area contributed by atoms with Gasteiger partial charge in [-0.15, -0.1) is 0 Å². The maximum Gasteiger partial charge on any atom is 0.410 e. The lowest BCUT2D eigenvalue weighted by molar-refractivity contribution is 0.0181. The van der Waals surface area contributed by atoms with Crippen LogP contribution in [0, 0.1) is 12.8 Å². The quantitative estimate of drug-likeness (QED) is 0.538.